The Morgan fingerprint density at radius 1 is 1.09 bits per heavy atom. The van der Waals surface area contributed by atoms with Gasteiger partial charge in [0.05, 0.1) is 19.9 Å². The van der Waals surface area contributed by atoms with Crippen molar-refractivity contribution in [2.75, 3.05) is 27.8 Å². The number of fused-ring (bicyclic) bond motifs is 1. The fourth-order valence-electron chi connectivity index (χ4n) is 5.20. The number of ether oxygens (including phenoxy) is 2. The van der Waals surface area contributed by atoms with Crippen LogP contribution in [0.2, 0.25) is 0 Å². The lowest BCUT2D eigenvalue weighted by Gasteiger charge is -2.47. The van der Waals surface area contributed by atoms with Gasteiger partial charge in [0, 0.05) is 25.2 Å². The highest BCUT2D eigenvalue weighted by molar-refractivity contribution is 7.88. The molecule has 8 nitrogen and oxygen atoms in total. The number of benzene rings is 1. The van der Waals surface area contributed by atoms with E-state index >= 15 is 0 Å². The van der Waals surface area contributed by atoms with Crippen LogP contribution >= 0.6 is 0 Å². The maximum atomic E-state index is 13.7. The third kappa shape index (κ3) is 3.98. The summed E-state index contributed by atoms with van der Waals surface area (Å²) in [5, 5.41) is 0. The fourth-order valence-corrected chi connectivity index (χ4v) is 6.11. The normalized spacial score (nSPS) is 27.2. The molecule has 0 aromatic heterocycles. The fraction of sp³-hybridized carbons (Fsp3) is 0.565. The van der Waals surface area contributed by atoms with Crippen LogP contribution in [0.1, 0.15) is 44.6 Å². The minimum Gasteiger partial charge on any atom is -0.493 e. The average Bonchev–Trinajstić information content (AvgIpc) is 2.80. The monoisotopic (exact) mass is 461 g/mol. The zero-order valence-corrected chi connectivity index (χ0v) is 19.9. The van der Waals surface area contributed by atoms with Crippen molar-refractivity contribution in [2.45, 2.75) is 45.1 Å². The molecule has 3 atom stereocenters. The summed E-state index contributed by atoms with van der Waals surface area (Å²) in [5.41, 5.74) is 0.870. The smallest absolute Gasteiger partial charge is 0.345 e. The van der Waals surface area contributed by atoms with E-state index in [4.69, 9.17) is 9.47 Å². The Morgan fingerprint density at radius 3 is 2.53 bits per heavy atom. The van der Waals surface area contributed by atoms with Crippen LogP contribution in [0.4, 0.5) is 0 Å². The van der Waals surface area contributed by atoms with E-state index in [0.717, 1.165) is 30.0 Å². The summed E-state index contributed by atoms with van der Waals surface area (Å²) in [4.78, 5) is 15.6. The van der Waals surface area contributed by atoms with E-state index in [1.807, 2.05) is 4.90 Å². The van der Waals surface area contributed by atoms with Crippen LogP contribution in [-0.4, -0.2) is 63.1 Å². The molecule has 2 fully saturated rings. The van der Waals surface area contributed by atoms with E-state index < -0.39 is 10.2 Å². The van der Waals surface area contributed by atoms with Crippen LogP contribution in [0.3, 0.4) is 0 Å². The molecule has 2 aliphatic heterocycles. The van der Waals surface area contributed by atoms with E-state index in [9.17, 15) is 13.2 Å². The molecule has 1 aromatic rings. The summed E-state index contributed by atoms with van der Waals surface area (Å²) < 4.78 is 41.2. The van der Waals surface area contributed by atoms with Gasteiger partial charge < -0.3 is 14.4 Å². The van der Waals surface area contributed by atoms with Crippen molar-refractivity contribution in [3.8, 4) is 11.5 Å². The predicted molar refractivity (Wildman–Crippen MR) is 122 cm³/mol. The number of likely N-dealkylation sites (tertiary alicyclic amines) is 1. The Bertz CT molecular complexity index is 1070. The molecular weight excluding hydrogens is 430 g/mol. The SMILES string of the molecule is COc1ccc(C2=NS(=O)(=O)N(C)C(C(=O)N3CC[C@@H](C)[C@@H]4CCCC[C@@H]43)=C2)cc1OC. The van der Waals surface area contributed by atoms with Gasteiger partial charge in [-0.05, 0) is 55.4 Å². The minimum absolute atomic E-state index is 0.128. The number of allylic oxidation sites excluding steroid dienone is 1. The van der Waals surface area contributed by atoms with Crippen molar-refractivity contribution in [1.82, 2.24) is 9.21 Å². The zero-order valence-electron chi connectivity index (χ0n) is 19.1. The van der Waals surface area contributed by atoms with Crippen molar-refractivity contribution < 1.29 is 22.7 Å². The molecule has 3 aliphatic rings. The first-order valence-electron chi connectivity index (χ1n) is 11.1. The third-order valence-corrected chi connectivity index (χ3v) is 8.39. The summed E-state index contributed by atoms with van der Waals surface area (Å²) in [6, 6.07) is 5.23. The maximum absolute atomic E-state index is 13.7. The van der Waals surface area contributed by atoms with Crippen LogP contribution in [0, 0.1) is 11.8 Å². The first-order chi connectivity index (χ1) is 15.3. The predicted octanol–water partition coefficient (Wildman–Crippen LogP) is 2.99. The second-order valence-corrected chi connectivity index (χ2v) is 10.4. The van der Waals surface area contributed by atoms with Gasteiger partial charge in [0.25, 0.3) is 5.91 Å². The lowest BCUT2D eigenvalue weighted by Crippen LogP contribution is -2.54. The zero-order chi connectivity index (χ0) is 23.0. The molecule has 1 saturated heterocycles. The van der Waals surface area contributed by atoms with Gasteiger partial charge in [-0.1, -0.05) is 19.8 Å². The van der Waals surface area contributed by atoms with E-state index in [2.05, 4.69) is 11.3 Å². The number of amides is 1. The lowest BCUT2D eigenvalue weighted by atomic mass is 9.72. The van der Waals surface area contributed by atoms with Crippen LogP contribution in [0.15, 0.2) is 34.4 Å². The summed E-state index contributed by atoms with van der Waals surface area (Å²) in [7, 11) is 0.397. The molecule has 174 valence electrons. The number of carbonyl (C=O) groups is 1. The Kier molecular flexibility index (Phi) is 6.20. The Hall–Kier alpha value is -2.55. The molecule has 2 heterocycles. The van der Waals surface area contributed by atoms with Gasteiger partial charge in [-0.3, -0.25) is 4.79 Å². The van der Waals surface area contributed by atoms with Gasteiger partial charge in [-0.25, -0.2) is 4.31 Å². The quantitative estimate of drug-likeness (QED) is 0.688. The molecule has 0 radical (unpaired) electrons. The number of hydrogen-bond acceptors (Lipinski definition) is 5. The summed E-state index contributed by atoms with van der Waals surface area (Å²) in [5.74, 6) is 1.80. The van der Waals surface area contributed by atoms with E-state index in [1.165, 1.54) is 27.7 Å². The van der Waals surface area contributed by atoms with Crippen molar-refractivity contribution in [1.29, 1.82) is 0 Å². The lowest BCUT2D eigenvalue weighted by molar-refractivity contribution is -0.135. The Balaban J connectivity index is 1.71. The molecule has 0 bridgehead atoms. The van der Waals surface area contributed by atoms with Crippen LogP contribution in [0.5, 0.6) is 11.5 Å². The summed E-state index contributed by atoms with van der Waals surface area (Å²) >= 11 is 0. The molecule has 9 heteroatoms. The van der Waals surface area contributed by atoms with Crippen molar-refractivity contribution in [2.24, 2.45) is 16.2 Å². The molecule has 1 saturated carbocycles. The number of hydrogen-bond donors (Lipinski definition) is 0. The van der Waals surface area contributed by atoms with Gasteiger partial charge in [0.2, 0.25) is 0 Å². The molecule has 0 N–H and O–H groups in total. The number of methoxy groups -OCH3 is 2. The standard InChI is InChI=1S/C23H31N3O5S/c1-15-11-12-26(19-8-6-5-7-17(15)19)23(27)20-14-18(24-32(28,29)25(20)2)16-9-10-21(30-3)22(13-16)31-4/h9-10,13-15,17,19H,5-8,11-12H2,1-4H3/t15-,17+,19+/m1/s1. The number of rotatable bonds is 4. The van der Waals surface area contributed by atoms with Gasteiger partial charge in [-0.2, -0.15) is 8.42 Å². The molecule has 32 heavy (non-hydrogen) atoms. The van der Waals surface area contributed by atoms with E-state index in [-0.39, 0.29) is 23.4 Å². The first-order valence-corrected chi connectivity index (χ1v) is 12.5. The second-order valence-electron chi connectivity index (χ2n) is 8.80. The molecule has 0 spiro atoms. The van der Waals surface area contributed by atoms with Crippen molar-refractivity contribution in [3.63, 3.8) is 0 Å². The molecular formula is C23H31N3O5S. The molecule has 1 aromatic carbocycles. The van der Waals surface area contributed by atoms with Gasteiger partial charge >= 0.3 is 10.2 Å². The number of carbonyl (C=O) groups excluding carboxylic acids is 1. The number of piperidine rings is 1. The molecule has 0 unspecified atom stereocenters. The molecule has 1 aliphatic carbocycles. The third-order valence-electron chi connectivity index (χ3n) is 7.07. The van der Waals surface area contributed by atoms with Crippen LogP contribution in [-0.2, 0) is 15.0 Å². The van der Waals surface area contributed by atoms with E-state index in [0.29, 0.717) is 35.4 Å². The number of nitrogens with zero attached hydrogens (tertiary/aromatic N) is 3. The highest BCUT2D eigenvalue weighted by Crippen LogP contribution is 2.40. The number of likely N-dealkylation sites (N-methyl/N-ethyl adjacent to an activating group) is 1. The van der Waals surface area contributed by atoms with Crippen LogP contribution in [0.25, 0.3) is 0 Å². The Morgan fingerprint density at radius 2 is 1.81 bits per heavy atom. The molecule has 4 rings (SSSR count). The van der Waals surface area contributed by atoms with Crippen LogP contribution < -0.4 is 9.47 Å². The highest BCUT2D eigenvalue weighted by atomic mass is 32.2. The first kappa shape index (κ1) is 22.6. The largest absolute Gasteiger partial charge is 0.493 e. The minimum atomic E-state index is -4.03. The second kappa shape index (κ2) is 8.77. The van der Waals surface area contributed by atoms with Crippen molar-refractivity contribution >= 4 is 21.8 Å². The van der Waals surface area contributed by atoms with Crippen molar-refractivity contribution in [3.05, 3.63) is 35.5 Å². The average molecular weight is 462 g/mol. The van der Waals surface area contributed by atoms with Gasteiger partial charge in [-0.15, -0.1) is 4.40 Å². The maximum Gasteiger partial charge on any atom is 0.345 e. The summed E-state index contributed by atoms with van der Waals surface area (Å²) in [6.07, 6.45) is 6.90. The molecule has 1 amide bonds. The topological polar surface area (TPSA) is 88.5 Å². The summed E-state index contributed by atoms with van der Waals surface area (Å²) in [6.45, 7) is 2.91. The van der Waals surface area contributed by atoms with Gasteiger partial charge in [0.15, 0.2) is 11.5 Å². The highest BCUT2D eigenvalue weighted by Gasteiger charge is 2.42. The Labute approximate surface area is 190 Å². The van der Waals surface area contributed by atoms with Gasteiger partial charge in [0.1, 0.15) is 5.70 Å². The van der Waals surface area contributed by atoms with E-state index in [1.54, 1.807) is 24.3 Å².